The molecule has 0 aromatic heterocycles. The summed E-state index contributed by atoms with van der Waals surface area (Å²) in [7, 11) is -3.29. The van der Waals surface area contributed by atoms with Crippen molar-refractivity contribution in [3.63, 3.8) is 0 Å². The van der Waals surface area contributed by atoms with Gasteiger partial charge in [0.25, 0.3) is 0 Å². The zero-order valence-corrected chi connectivity index (χ0v) is 15.4. The van der Waals surface area contributed by atoms with E-state index in [2.05, 4.69) is 18.7 Å². The molecule has 1 aromatic rings. The van der Waals surface area contributed by atoms with Crippen LogP contribution in [0, 0.1) is 5.92 Å². The molecule has 134 valence electrons. The van der Waals surface area contributed by atoms with Crippen LogP contribution in [0.15, 0.2) is 30.3 Å². The highest BCUT2D eigenvalue weighted by Crippen LogP contribution is 2.27. The fraction of sp³-hybridized carbons (Fsp3) is 0.667. The van der Waals surface area contributed by atoms with Gasteiger partial charge in [0.05, 0.1) is 18.5 Å². The van der Waals surface area contributed by atoms with E-state index < -0.39 is 10.0 Å². The molecular weight excluding hydrogens is 324 g/mol. The summed E-state index contributed by atoms with van der Waals surface area (Å²) in [6.45, 7) is 8.14. The predicted octanol–water partition coefficient (Wildman–Crippen LogP) is 1.95. The van der Waals surface area contributed by atoms with Crippen molar-refractivity contribution in [1.29, 1.82) is 0 Å². The highest BCUT2D eigenvalue weighted by atomic mass is 32.2. The Labute approximate surface area is 145 Å². The Hall–Kier alpha value is -0.950. The highest BCUT2D eigenvalue weighted by Gasteiger charge is 2.37. The third-order valence-corrected chi connectivity index (χ3v) is 6.97. The monoisotopic (exact) mass is 352 g/mol. The summed E-state index contributed by atoms with van der Waals surface area (Å²) in [6, 6.07) is 9.91. The molecule has 0 amide bonds. The molecule has 2 heterocycles. The van der Waals surface area contributed by atoms with Crippen molar-refractivity contribution in [2.75, 3.05) is 32.8 Å². The van der Waals surface area contributed by atoms with E-state index in [0.29, 0.717) is 31.7 Å². The van der Waals surface area contributed by atoms with E-state index in [1.54, 1.807) is 4.31 Å². The third kappa shape index (κ3) is 4.17. The summed E-state index contributed by atoms with van der Waals surface area (Å²) in [5, 5.41) is 0. The molecule has 3 rings (SSSR count). The van der Waals surface area contributed by atoms with E-state index in [0.717, 1.165) is 25.1 Å². The van der Waals surface area contributed by atoms with Crippen LogP contribution in [-0.2, 0) is 20.5 Å². The van der Waals surface area contributed by atoms with Crippen LogP contribution in [-0.4, -0.2) is 62.6 Å². The van der Waals surface area contributed by atoms with Crippen LogP contribution in [0.4, 0.5) is 0 Å². The molecule has 0 spiro atoms. The molecule has 24 heavy (non-hydrogen) atoms. The number of rotatable bonds is 4. The molecule has 0 aliphatic carbocycles. The number of hydrogen-bond donors (Lipinski definition) is 0. The first kappa shape index (κ1) is 17.9. The molecule has 2 aliphatic heterocycles. The van der Waals surface area contributed by atoms with Gasteiger partial charge < -0.3 is 4.74 Å². The largest absolute Gasteiger partial charge is 0.375 e. The molecule has 5 nitrogen and oxygen atoms in total. The molecule has 2 aliphatic rings. The molecule has 0 bridgehead atoms. The minimum absolute atomic E-state index is 0.0213. The molecule has 0 saturated carbocycles. The highest BCUT2D eigenvalue weighted by molar-refractivity contribution is 7.88. The van der Waals surface area contributed by atoms with Gasteiger partial charge in [-0.3, -0.25) is 4.90 Å². The molecule has 2 atom stereocenters. The van der Waals surface area contributed by atoms with Gasteiger partial charge in [0, 0.05) is 38.1 Å². The fourth-order valence-corrected chi connectivity index (χ4v) is 5.20. The van der Waals surface area contributed by atoms with Crippen LogP contribution in [0.5, 0.6) is 0 Å². The standard InChI is InChI=1S/C18H28N2O3S/c1-15(2)19-10-11-23-18-13-20(9-8-17(18)12-19)24(21,22)14-16-6-4-3-5-7-16/h3-7,15,17-18H,8-14H2,1-2H3/t17-,18-/m1/s1. The number of benzene rings is 1. The lowest BCUT2D eigenvalue weighted by molar-refractivity contribution is -0.00196. The maximum absolute atomic E-state index is 12.7. The summed E-state index contributed by atoms with van der Waals surface area (Å²) < 4.78 is 33.1. The first-order valence-electron chi connectivity index (χ1n) is 8.83. The Bertz CT molecular complexity index is 633. The van der Waals surface area contributed by atoms with Gasteiger partial charge in [-0.2, -0.15) is 4.31 Å². The van der Waals surface area contributed by atoms with E-state index in [9.17, 15) is 8.42 Å². The molecule has 2 saturated heterocycles. The fourth-order valence-electron chi connectivity index (χ4n) is 3.65. The smallest absolute Gasteiger partial charge is 0.218 e. The van der Waals surface area contributed by atoms with Crippen LogP contribution in [0.1, 0.15) is 25.8 Å². The van der Waals surface area contributed by atoms with Gasteiger partial charge in [-0.25, -0.2) is 8.42 Å². The van der Waals surface area contributed by atoms with Crippen LogP contribution in [0.25, 0.3) is 0 Å². The lowest BCUT2D eigenvalue weighted by Gasteiger charge is -2.37. The maximum Gasteiger partial charge on any atom is 0.218 e. The number of nitrogens with zero attached hydrogens (tertiary/aromatic N) is 2. The molecular formula is C18H28N2O3S. The van der Waals surface area contributed by atoms with Gasteiger partial charge in [0.1, 0.15) is 0 Å². The normalized spacial score (nSPS) is 27.0. The first-order chi connectivity index (χ1) is 11.5. The molecule has 1 aromatic carbocycles. The van der Waals surface area contributed by atoms with Crippen molar-refractivity contribution in [2.45, 2.75) is 38.2 Å². The van der Waals surface area contributed by atoms with E-state index in [1.165, 1.54) is 0 Å². The third-order valence-electron chi connectivity index (χ3n) is 5.15. The van der Waals surface area contributed by atoms with Gasteiger partial charge >= 0.3 is 0 Å². The van der Waals surface area contributed by atoms with Crippen molar-refractivity contribution in [1.82, 2.24) is 9.21 Å². The van der Waals surface area contributed by atoms with E-state index in [1.807, 2.05) is 30.3 Å². The average Bonchev–Trinajstić information content (AvgIpc) is 2.77. The van der Waals surface area contributed by atoms with E-state index in [4.69, 9.17) is 4.74 Å². The number of sulfonamides is 1. The Morgan fingerprint density at radius 1 is 1.17 bits per heavy atom. The minimum atomic E-state index is -3.29. The number of fused-ring (bicyclic) bond motifs is 1. The molecule has 0 unspecified atom stereocenters. The van der Waals surface area contributed by atoms with Gasteiger partial charge in [0.15, 0.2) is 0 Å². The topological polar surface area (TPSA) is 49.9 Å². The summed E-state index contributed by atoms with van der Waals surface area (Å²) in [5.74, 6) is 0.502. The van der Waals surface area contributed by atoms with E-state index >= 15 is 0 Å². The maximum atomic E-state index is 12.7. The molecule has 2 fully saturated rings. The second kappa shape index (κ2) is 7.52. The Balaban J connectivity index is 1.66. The van der Waals surface area contributed by atoms with Crippen LogP contribution in [0.3, 0.4) is 0 Å². The van der Waals surface area contributed by atoms with Crippen molar-refractivity contribution < 1.29 is 13.2 Å². The van der Waals surface area contributed by atoms with Crippen molar-refractivity contribution >= 4 is 10.0 Å². The predicted molar refractivity (Wildman–Crippen MR) is 95.2 cm³/mol. The number of ether oxygens (including phenoxy) is 1. The zero-order valence-electron chi connectivity index (χ0n) is 14.6. The van der Waals surface area contributed by atoms with Crippen molar-refractivity contribution in [2.24, 2.45) is 5.92 Å². The summed E-state index contributed by atoms with van der Waals surface area (Å²) in [4.78, 5) is 2.44. The SMILES string of the molecule is CC(C)N1CCO[C@@H]2CN(S(=O)(=O)Cc3ccccc3)CC[C@@H]2C1. The number of hydrogen-bond acceptors (Lipinski definition) is 4. The Kier molecular flexibility index (Phi) is 5.59. The first-order valence-corrected chi connectivity index (χ1v) is 10.4. The van der Waals surface area contributed by atoms with Crippen molar-refractivity contribution in [3.05, 3.63) is 35.9 Å². The lowest BCUT2D eigenvalue weighted by atomic mass is 9.94. The van der Waals surface area contributed by atoms with E-state index in [-0.39, 0.29) is 11.9 Å². The quantitative estimate of drug-likeness (QED) is 0.831. The lowest BCUT2D eigenvalue weighted by Crippen LogP contribution is -2.49. The Morgan fingerprint density at radius 3 is 2.62 bits per heavy atom. The molecule has 0 radical (unpaired) electrons. The summed E-state index contributed by atoms with van der Waals surface area (Å²) in [6.07, 6.45) is 0.898. The number of piperidine rings is 1. The van der Waals surface area contributed by atoms with Crippen LogP contribution in [0.2, 0.25) is 0 Å². The van der Waals surface area contributed by atoms with Crippen molar-refractivity contribution in [3.8, 4) is 0 Å². The molecule has 0 N–H and O–H groups in total. The second-order valence-electron chi connectivity index (χ2n) is 7.15. The van der Waals surface area contributed by atoms with Gasteiger partial charge in [-0.15, -0.1) is 0 Å². The minimum Gasteiger partial charge on any atom is -0.375 e. The summed E-state index contributed by atoms with van der Waals surface area (Å²) >= 11 is 0. The molecule has 6 heteroatoms. The van der Waals surface area contributed by atoms with Gasteiger partial charge in [0.2, 0.25) is 10.0 Å². The second-order valence-corrected chi connectivity index (χ2v) is 9.12. The van der Waals surface area contributed by atoms with Gasteiger partial charge in [-0.1, -0.05) is 30.3 Å². The zero-order chi connectivity index (χ0) is 17.2. The average molecular weight is 353 g/mol. The van der Waals surface area contributed by atoms with Crippen LogP contribution < -0.4 is 0 Å². The summed E-state index contributed by atoms with van der Waals surface area (Å²) in [5.41, 5.74) is 0.840. The van der Waals surface area contributed by atoms with Crippen LogP contribution >= 0.6 is 0 Å². The van der Waals surface area contributed by atoms with Gasteiger partial charge in [-0.05, 0) is 25.8 Å². The Morgan fingerprint density at radius 2 is 1.92 bits per heavy atom.